The van der Waals surface area contributed by atoms with Gasteiger partial charge in [-0.15, -0.1) is 0 Å². The van der Waals surface area contributed by atoms with Crippen LogP contribution in [0, 0.1) is 0 Å². The zero-order valence-electron chi connectivity index (χ0n) is 4.79. The van der Waals surface area contributed by atoms with E-state index in [1.807, 2.05) is 0 Å². The second-order valence-corrected chi connectivity index (χ2v) is 1.59. The van der Waals surface area contributed by atoms with Crippen molar-refractivity contribution in [2.45, 2.75) is 6.92 Å². The Morgan fingerprint density at radius 1 is 2.00 bits per heavy atom. The topological polar surface area (TPSA) is 61.8 Å². The molecule has 0 saturated heterocycles. The molecule has 0 radical (unpaired) electrons. The van der Waals surface area contributed by atoms with E-state index < -0.39 is 6.09 Å². The Labute approximate surface area is 51.4 Å². The molecule has 5 nitrogen and oxygen atoms in total. The van der Waals surface area contributed by atoms with Crippen molar-refractivity contribution in [2.24, 2.45) is 0 Å². The Morgan fingerprint density at radius 2 is 2.67 bits per heavy atom. The quantitative estimate of drug-likeness (QED) is 0.494. The molecule has 1 heterocycles. The van der Waals surface area contributed by atoms with Crippen molar-refractivity contribution in [3.05, 3.63) is 12.0 Å². The maximum absolute atomic E-state index is 10.2. The van der Waals surface area contributed by atoms with Gasteiger partial charge in [-0.1, -0.05) is 5.59 Å². The summed E-state index contributed by atoms with van der Waals surface area (Å²) in [5.41, 5.74) is 2.66. The van der Waals surface area contributed by atoms with Crippen LogP contribution in [-0.4, -0.2) is 16.2 Å². The molecule has 0 saturated carbocycles. The van der Waals surface area contributed by atoms with Gasteiger partial charge in [0.05, 0.1) is 5.70 Å². The van der Waals surface area contributed by atoms with Crippen LogP contribution in [0.2, 0.25) is 0 Å². The molecule has 1 amide bonds. The summed E-state index contributed by atoms with van der Waals surface area (Å²) in [5, 5.41) is 9.20. The number of amides is 1. The van der Waals surface area contributed by atoms with Crippen molar-refractivity contribution in [2.75, 3.05) is 0 Å². The van der Waals surface area contributed by atoms with Crippen molar-refractivity contribution < 1.29 is 14.7 Å². The Bertz CT molecular complexity index is 165. The third kappa shape index (κ3) is 0.945. The molecule has 9 heavy (non-hydrogen) atoms. The summed E-state index contributed by atoms with van der Waals surface area (Å²) in [7, 11) is 0. The molecule has 1 aliphatic heterocycles. The van der Waals surface area contributed by atoms with Crippen LogP contribution in [0.5, 0.6) is 0 Å². The van der Waals surface area contributed by atoms with Gasteiger partial charge in [-0.05, 0) is 6.92 Å². The lowest BCUT2D eigenvalue weighted by Gasteiger charge is -2.08. The Morgan fingerprint density at radius 3 is 2.89 bits per heavy atom. The number of carboxylic acid groups (broad SMARTS) is 1. The van der Waals surface area contributed by atoms with Crippen LogP contribution in [0.25, 0.3) is 0 Å². The molecule has 0 atom stereocenters. The van der Waals surface area contributed by atoms with Crippen LogP contribution < -0.4 is 5.59 Å². The first-order chi connectivity index (χ1) is 4.22. The van der Waals surface area contributed by atoms with Crippen LogP contribution in [0.3, 0.4) is 0 Å². The van der Waals surface area contributed by atoms with Gasteiger partial charge < -0.3 is 9.94 Å². The molecule has 5 heteroatoms. The third-order valence-corrected chi connectivity index (χ3v) is 0.917. The number of nitrogens with one attached hydrogen (secondary N) is 1. The van der Waals surface area contributed by atoms with E-state index in [9.17, 15) is 4.79 Å². The zero-order chi connectivity index (χ0) is 6.85. The van der Waals surface area contributed by atoms with Crippen molar-refractivity contribution in [1.82, 2.24) is 10.6 Å². The van der Waals surface area contributed by atoms with E-state index in [2.05, 4.69) is 10.4 Å². The molecule has 0 aliphatic carbocycles. The minimum absolute atomic E-state index is 0.516. The summed E-state index contributed by atoms with van der Waals surface area (Å²) < 4.78 is 0. The maximum Gasteiger partial charge on any atom is 0.428 e. The second kappa shape index (κ2) is 1.94. The predicted octanol–water partition coefficient (Wildman–Crippen LogP) is 0.278. The first-order valence-corrected chi connectivity index (χ1v) is 2.33. The largest absolute Gasteiger partial charge is 0.464 e. The number of nitrogens with zero attached hydrogens (tertiary/aromatic N) is 1. The number of carbonyl (C=O) groups is 1. The molecule has 1 rings (SSSR count). The van der Waals surface area contributed by atoms with Crippen molar-refractivity contribution in [3.63, 3.8) is 0 Å². The molecule has 2 N–H and O–H groups in total. The molecule has 0 spiro atoms. The van der Waals surface area contributed by atoms with Gasteiger partial charge in [0.2, 0.25) is 0 Å². The number of rotatable bonds is 0. The first-order valence-electron chi connectivity index (χ1n) is 2.33. The van der Waals surface area contributed by atoms with E-state index in [4.69, 9.17) is 5.11 Å². The summed E-state index contributed by atoms with van der Waals surface area (Å²) in [4.78, 5) is 14.6. The normalized spacial score (nSPS) is 17.0. The van der Waals surface area contributed by atoms with Gasteiger partial charge in [0.25, 0.3) is 0 Å². The summed E-state index contributed by atoms with van der Waals surface area (Å²) in [5.74, 6) is 0. The molecular weight excluding hydrogens is 124 g/mol. The highest BCUT2D eigenvalue weighted by molar-refractivity contribution is 5.66. The lowest BCUT2D eigenvalue weighted by molar-refractivity contribution is 0.0349. The lowest BCUT2D eigenvalue weighted by Crippen LogP contribution is -2.34. The van der Waals surface area contributed by atoms with Gasteiger partial charge in [-0.3, -0.25) is 0 Å². The van der Waals surface area contributed by atoms with Crippen LogP contribution in [0.15, 0.2) is 12.0 Å². The van der Waals surface area contributed by atoms with Crippen LogP contribution in [0.1, 0.15) is 6.92 Å². The standard InChI is InChI=1S/C4H6N2O3/c1-3-2-9-5-6(3)4(7)8/h2,5H,1H3,(H,7,8). The molecule has 0 aromatic heterocycles. The summed E-state index contributed by atoms with van der Waals surface area (Å²) in [6.07, 6.45) is 0.231. The molecule has 0 unspecified atom stereocenters. The van der Waals surface area contributed by atoms with Crippen molar-refractivity contribution in [1.29, 1.82) is 0 Å². The van der Waals surface area contributed by atoms with Crippen molar-refractivity contribution >= 4 is 6.09 Å². The molecule has 0 aromatic carbocycles. The minimum Gasteiger partial charge on any atom is -0.464 e. The highest BCUT2D eigenvalue weighted by Gasteiger charge is 2.18. The lowest BCUT2D eigenvalue weighted by atomic mass is 10.5. The van der Waals surface area contributed by atoms with Gasteiger partial charge in [0.1, 0.15) is 6.26 Å². The molecular formula is C4H6N2O3. The zero-order valence-corrected chi connectivity index (χ0v) is 4.79. The van der Waals surface area contributed by atoms with Crippen LogP contribution in [-0.2, 0) is 4.84 Å². The molecule has 50 valence electrons. The highest BCUT2D eigenvalue weighted by Crippen LogP contribution is 2.05. The van der Waals surface area contributed by atoms with E-state index in [1.54, 1.807) is 6.92 Å². The van der Waals surface area contributed by atoms with Gasteiger partial charge >= 0.3 is 6.09 Å². The smallest absolute Gasteiger partial charge is 0.428 e. The van der Waals surface area contributed by atoms with E-state index >= 15 is 0 Å². The van der Waals surface area contributed by atoms with E-state index in [-0.39, 0.29) is 0 Å². The van der Waals surface area contributed by atoms with Gasteiger partial charge in [0, 0.05) is 0 Å². The van der Waals surface area contributed by atoms with E-state index in [0.717, 1.165) is 5.01 Å². The average molecular weight is 130 g/mol. The predicted molar refractivity (Wildman–Crippen MR) is 27.8 cm³/mol. The van der Waals surface area contributed by atoms with Gasteiger partial charge in [0.15, 0.2) is 0 Å². The van der Waals surface area contributed by atoms with Gasteiger partial charge in [-0.2, -0.15) is 5.01 Å². The maximum atomic E-state index is 10.2. The fourth-order valence-corrected chi connectivity index (χ4v) is 0.479. The second-order valence-electron chi connectivity index (χ2n) is 1.59. The third-order valence-electron chi connectivity index (χ3n) is 0.917. The van der Waals surface area contributed by atoms with Crippen molar-refractivity contribution in [3.8, 4) is 0 Å². The number of hydrogen-bond acceptors (Lipinski definition) is 3. The highest BCUT2D eigenvalue weighted by atomic mass is 16.7. The van der Waals surface area contributed by atoms with Gasteiger partial charge in [-0.25, -0.2) is 4.79 Å². The number of hydrogen-bond donors (Lipinski definition) is 2. The fourth-order valence-electron chi connectivity index (χ4n) is 0.479. The molecule has 1 aliphatic rings. The molecule has 0 aromatic rings. The van der Waals surface area contributed by atoms with Crippen LogP contribution >= 0.6 is 0 Å². The first kappa shape index (κ1) is 5.90. The number of hydrazine groups is 1. The molecule has 0 fully saturated rings. The Balaban J connectivity index is 2.63. The minimum atomic E-state index is -1.08. The Hall–Kier alpha value is -1.23. The summed E-state index contributed by atoms with van der Waals surface area (Å²) in [6.45, 7) is 1.62. The Kier molecular flexibility index (Phi) is 1.27. The monoisotopic (exact) mass is 130 g/mol. The number of allylic oxidation sites excluding steroid dienone is 1. The SMILES string of the molecule is CC1=CONN1C(=O)O. The average Bonchev–Trinajstić information content (AvgIpc) is 2.13. The summed E-state index contributed by atoms with van der Waals surface area (Å²) >= 11 is 0. The van der Waals surface area contributed by atoms with E-state index in [1.165, 1.54) is 6.26 Å². The molecule has 0 bridgehead atoms. The van der Waals surface area contributed by atoms with E-state index in [0.29, 0.717) is 5.70 Å². The summed E-state index contributed by atoms with van der Waals surface area (Å²) in [6, 6.07) is 0. The van der Waals surface area contributed by atoms with Crippen LogP contribution in [0.4, 0.5) is 4.79 Å². The fraction of sp³-hybridized carbons (Fsp3) is 0.250.